The summed E-state index contributed by atoms with van der Waals surface area (Å²) < 4.78 is 0. The maximum Gasteiger partial charge on any atom is 0.240 e. The fourth-order valence-corrected chi connectivity index (χ4v) is 3.79. The number of phenolic OH excluding ortho intramolecular Hbond substituents is 1. The van der Waals surface area contributed by atoms with Crippen molar-refractivity contribution in [3.05, 3.63) is 54.1 Å². The average Bonchev–Trinajstić information content (AvgIpc) is 2.88. The van der Waals surface area contributed by atoms with Crippen molar-refractivity contribution < 1.29 is 14.7 Å². The molecule has 0 heterocycles. The van der Waals surface area contributed by atoms with E-state index in [4.69, 9.17) is 0 Å². The molecule has 196 valence electrons. The second-order valence-electron chi connectivity index (χ2n) is 9.06. The van der Waals surface area contributed by atoms with Crippen LogP contribution < -0.4 is 15.6 Å². The highest BCUT2D eigenvalue weighted by molar-refractivity contribution is 5.92. The minimum Gasteiger partial charge on any atom is -0.506 e. The molecule has 0 atom stereocenters. The first kappa shape index (κ1) is 28.9. The fraction of sp³-hybridized carbons (Fsp3) is 0.483. The van der Waals surface area contributed by atoms with Crippen LogP contribution >= 0.6 is 0 Å². The second kappa shape index (κ2) is 17.1. The number of nitrogens with zero attached hydrogens (tertiary/aromatic N) is 2. The number of rotatable bonds is 17. The lowest BCUT2D eigenvalue weighted by Crippen LogP contribution is -2.25. The molecule has 7 heteroatoms. The van der Waals surface area contributed by atoms with Crippen molar-refractivity contribution in [2.24, 2.45) is 5.10 Å². The highest BCUT2D eigenvalue weighted by Gasteiger charge is 2.07. The van der Waals surface area contributed by atoms with E-state index < -0.39 is 0 Å². The lowest BCUT2D eigenvalue weighted by atomic mass is 10.1. The zero-order valence-corrected chi connectivity index (χ0v) is 21.8. The Morgan fingerprint density at radius 2 is 1.44 bits per heavy atom. The minimum atomic E-state index is -0.119. The summed E-state index contributed by atoms with van der Waals surface area (Å²) in [6, 6.07) is 15.0. The van der Waals surface area contributed by atoms with Crippen molar-refractivity contribution >= 4 is 29.4 Å². The smallest absolute Gasteiger partial charge is 0.240 e. The van der Waals surface area contributed by atoms with Gasteiger partial charge in [0, 0.05) is 31.6 Å². The summed E-state index contributed by atoms with van der Waals surface area (Å²) in [6.07, 6.45) is 10.4. The second-order valence-corrected chi connectivity index (χ2v) is 9.06. The number of carbonyl (C=O) groups is 2. The summed E-state index contributed by atoms with van der Waals surface area (Å²) in [4.78, 5) is 26.4. The molecule has 0 saturated heterocycles. The van der Waals surface area contributed by atoms with Crippen LogP contribution in [0.3, 0.4) is 0 Å². The standard InChI is InChI=1S/C29H42N4O3/c1-3-5-21-33(22-6-4-2)25-19-17-24(18-20-25)23-30-32-29(36)16-10-8-7-9-15-28(35)31-26-13-11-12-14-27(26)34/h11-14,17-20,23,34H,3-10,15-16,21-22H2,1-2H3,(H,31,35)(H,32,36)/b30-23+. The first-order valence-electron chi connectivity index (χ1n) is 13.3. The minimum absolute atomic E-state index is 0.0630. The molecule has 0 saturated carbocycles. The Bertz CT molecular complexity index is 936. The van der Waals surface area contributed by atoms with Gasteiger partial charge in [0.1, 0.15) is 5.75 Å². The van der Waals surface area contributed by atoms with E-state index in [9.17, 15) is 14.7 Å². The zero-order chi connectivity index (χ0) is 26.0. The molecule has 2 rings (SSSR count). The number of aromatic hydroxyl groups is 1. The van der Waals surface area contributed by atoms with Crippen LogP contribution in [0.25, 0.3) is 0 Å². The molecule has 2 aromatic carbocycles. The van der Waals surface area contributed by atoms with E-state index in [0.29, 0.717) is 18.5 Å². The van der Waals surface area contributed by atoms with Crippen molar-refractivity contribution in [3.63, 3.8) is 0 Å². The zero-order valence-electron chi connectivity index (χ0n) is 21.8. The van der Waals surface area contributed by atoms with Gasteiger partial charge in [0.2, 0.25) is 11.8 Å². The van der Waals surface area contributed by atoms with Crippen LogP contribution in [0.4, 0.5) is 11.4 Å². The molecule has 2 aromatic rings. The molecule has 36 heavy (non-hydrogen) atoms. The topological polar surface area (TPSA) is 94.0 Å². The highest BCUT2D eigenvalue weighted by Crippen LogP contribution is 2.22. The molecule has 0 aliphatic carbocycles. The summed E-state index contributed by atoms with van der Waals surface area (Å²) in [5, 5.41) is 16.5. The van der Waals surface area contributed by atoms with Crippen molar-refractivity contribution in [2.45, 2.75) is 78.1 Å². The van der Waals surface area contributed by atoms with Gasteiger partial charge in [-0.15, -0.1) is 0 Å². The molecule has 0 fully saturated rings. The van der Waals surface area contributed by atoms with Crippen LogP contribution in [0.5, 0.6) is 5.75 Å². The molecule has 0 aromatic heterocycles. The van der Waals surface area contributed by atoms with Crippen LogP contribution in [-0.2, 0) is 9.59 Å². The Hall–Kier alpha value is -3.35. The third kappa shape index (κ3) is 11.4. The number of anilines is 2. The van der Waals surface area contributed by atoms with Crippen LogP contribution in [0, 0.1) is 0 Å². The summed E-state index contributed by atoms with van der Waals surface area (Å²) in [6.45, 7) is 6.58. The number of hydrogen-bond donors (Lipinski definition) is 3. The van der Waals surface area contributed by atoms with E-state index in [1.165, 1.54) is 37.4 Å². The Labute approximate surface area is 216 Å². The van der Waals surface area contributed by atoms with E-state index in [1.807, 2.05) is 12.1 Å². The van der Waals surface area contributed by atoms with Crippen molar-refractivity contribution in [3.8, 4) is 5.75 Å². The molecule has 0 spiro atoms. The van der Waals surface area contributed by atoms with Crippen LogP contribution in [0.15, 0.2) is 53.6 Å². The molecule has 7 nitrogen and oxygen atoms in total. The lowest BCUT2D eigenvalue weighted by Gasteiger charge is -2.24. The quantitative estimate of drug-likeness (QED) is 0.105. The number of benzene rings is 2. The van der Waals surface area contributed by atoms with E-state index in [1.54, 1.807) is 24.4 Å². The van der Waals surface area contributed by atoms with Crippen molar-refractivity contribution in [2.75, 3.05) is 23.3 Å². The monoisotopic (exact) mass is 494 g/mol. The van der Waals surface area contributed by atoms with Gasteiger partial charge in [-0.1, -0.05) is 63.8 Å². The fourth-order valence-electron chi connectivity index (χ4n) is 3.79. The van der Waals surface area contributed by atoms with Crippen LogP contribution in [0.1, 0.15) is 83.6 Å². The predicted molar refractivity (Wildman–Crippen MR) is 149 cm³/mol. The van der Waals surface area contributed by atoms with Gasteiger partial charge >= 0.3 is 0 Å². The van der Waals surface area contributed by atoms with Gasteiger partial charge in [0.05, 0.1) is 11.9 Å². The van der Waals surface area contributed by atoms with Crippen LogP contribution in [0.2, 0.25) is 0 Å². The van der Waals surface area contributed by atoms with Gasteiger partial charge in [0.25, 0.3) is 0 Å². The largest absolute Gasteiger partial charge is 0.506 e. The number of amides is 2. The van der Waals surface area contributed by atoms with Gasteiger partial charge in [-0.3, -0.25) is 9.59 Å². The maximum atomic E-state index is 12.0. The van der Waals surface area contributed by atoms with Gasteiger partial charge in [-0.2, -0.15) is 5.10 Å². The number of nitrogens with one attached hydrogen (secondary N) is 2. The van der Waals surface area contributed by atoms with Gasteiger partial charge in [-0.05, 0) is 55.5 Å². The third-order valence-electron chi connectivity index (χ3n) is 5.96. The number of unbranched alkanes of at least 4 members (excludes halogenated alkanes) is 5. The molecular weight excluding hydrogens is 452 g/mol. The van der Waals surface area contributed by atoms with Gasteiger partial charge < -0.3 is 15.3 Å². The number of phenols is 1. The van der Waals surface area contributed by atoms with E-state index >= 15 is 0 Å². The first-order chi connectivity index (χ1) is 17.5. The predicted octanol–water partition coefficient (Wildman–Crippen LogP) is 6.23. The van der Waals surface area contributed by atoms with E-state index in [0.717, 1.165) is 44.3 Å². The Morgan fingerprint density at radius 3 is 2.06 bits per heavy atom. The summed E-state index contributed by atoms with van der Waals surface area (Å²) in [5.41, 5.74) is 5.21. The Balaban J connectivity index is 1.61. The highest BCUT2D eigenvalue weighted by atomic mass is 16.3. The normalized spacial score (nSPS) is 10.9. The van der Waals surface area contributed by atoms with E-state index in [2.05, 4.69) is 46.7 Å². The summed E-state index contributed by atoms with van der Waals surface area (Å²) in [5.74, 6) is -0.162. The maximum absolute atomic E-state index is 12.0. The number of hydrogen-bond acceptors (Lipinski definition) is 5. The number of carbonyl (C=O) groups excluding carboxylic acids is 2. The molecule has 0 aliphatic rings. The average molecular weight is 495 g/mol. The molecule has 0 aliphatic heterocycles. The molecule has 0 radical (unpaired) electrons. The molecule has 0 bridgehead atoms. The molecule has 0 unspecified atom stereocenters. The van der Waals surface area contributed by atoms with Crippen molar-refractivity contribution in [1.82, 2.24) is 5.43 Å². The number of hydrazone groups is 1. The van der Waals surface area contributed by atoms with Crippen molar-refractivity contribution in [1.29, 1.82) is 0 Å². The van der Waals surface area contributed by atoms with E-state index in [-0.39, 0.29) is 17.6 Å². The SMILES string of the molecule is CCCCN(CCCC)c1ccc(/C=N/NC(=O)CCCCCCC(=O)Nc2ccccc2O)cc1. The molecule has 3 N–H and O–H groups in total. The Kier molecular flexibility index (Phi) is 13.8. The summed E-state index contributed by atoms with van der Waals surface area (Å²) >= 11 is 0. The summed E-state index contributed by atoms with van der Waals surface area (Å²) in [7, 11) is 0. The Morgan fingerprint density at radius 1 is 0.833 bits per heavy atom. The third-order valence-corrected chi connectivity index (χ3v) is 5.96. The van der Waals surface area contributed by atoms with Crippen LogP contribution in [-0.4, -0.2) is 36.2 Å². The van der Waals surface area contributed by atoms with Gasteiger partial charge in [-0.25, -0.2) is 5.43 Å². The molecular formula is C29H42N4O3. The van der Waals surface area contributed by atoms with Gasteiger partial charge in [0.15, 0.2) is 0 Å². The lowest BCUT2D eigenvalue weighted by molar-refractivity contribution is -0.121. The number of para-hydroxylation sites is 2. The molecule has 2 amide bonds. The first-order valence-corrected chi connectivity index (χ1v) is 13.3.